The highest BCUT2D eigenvalue weighted by Crippen LogP contribution is 2.31. The van der Waals surface area contributed by atoms with Gasteiger partial charge in [0.25, 0.3) is 0 Å². The summed E-state index contributed by atoms with van der Waals surface area (Å²) in [6, 6.07) is 4.87. The van der Waals surface area contributed by atoms with Crippen LogP contribution in [0.3, 0.4) is 0 Å². The minimum absolute atomic E-state index is 0.195. The van der Waals surface area contributed by atoms with Crippen molar-refractivity contribution in [3.63, 3.8) is 0 Å². The van der Waals surface area contributed by atoms with Gasteiger partial charge in [0.05, 0.1) is 13.2 Å². The fourth-order valence-corrected chi connectivity index (χ4v) is 2.44. The highest BCUT2D eigenvalue weighted by Gasteiger charge is 2.13. The van der Waals surface area contributed by atoms with E-state index in [1.807, 2.05) is 13.0 Å². The number of hydrogen-bond donors (Lipinski definition) is 1. The van der Waals surface area contributed by atoms with E-state index < -0.39 is 6.61 Å². The predicted molar refractivity (Wildman–Crippen MR) is 90.3 cm³/mol. The highest BCUT2D eigenvalue weighted by molar-refractivity contribution is 5.69. The molecule has 1 N–H and O–H groups in total. The summed E-state index contributed by atoms with van der Waals surface area (Å²) < 4.78 is 36.4. The van der Waals surface area contributed by atoms with E-state index in [4.69, 9.17) is 9.84 Å². The van der Waals surface area contributed by atoms with Crippen LogP contribution in [-0.4, -0.2) is 43.1 Å². The third-order valence-corrected chi connectivity index (χ3v) is 3.51. The number of halogens is 2. The topological polar surface area (TPSA) is 95.2 Å². The SMILES string of the molecule is CCOc1ncc(Cn2cnc(CO)n2)cc1-c1ccnc(OC(F)F)c1. The number of pyridine rings is 2. The number of nitrogens with zero attached hydrogens (tertiary/aromatic N) is 5. The van der Waals surface area contributed by atoms with Crippen LogP contribution in [0.25, 0.3) is 11.1 Å². The van der Waals surface area contributed by atoms with Gasteiger partial charge in [-0.25, -0.2) is 19.6 Å². The number of alkyl halides is 2. The lowest BCUT2D eigenvalue weighted by Crippen LogP contribution is -2.05. The van der Waals surface area contributed by atoms with Crippen LogP contribution in [0.1, 0.15) is 18.3 Å². The molecule has 0 spiro atoms. The molecule has 0 atom stereocenters. The van der Waals surface area contributed by atoms with Crippen molar-refractivity contribution >= 4 is 0 Å². The first-order valence-corrected chi connectivity index (χ1v) is 8.11. The molecular formula is C17H17F2N5O3. The molecule has 142 valence electrons. The Bertz CT molecular complexity index is 904. The lowest BCUT2D eigenvalue weighted by molar-refractivity contribution is -0.0528. The van der Waals surface area contributed by atoms with Gasteiger partial charge in [-0.1, -0.05) is 0 Å². The molecule has 27 heavy (non-hydrogen) atoms. The van der Waals surface area contributed by atoms with E-state index in [2.05, 4.69) is 24.8 Å². The zero-order valence-electron chi connectivity index (χ0n) is 14.4. The van der Waals surface area contributed by atoms with Crippen LogP contribution in [0.15, 0.2) is 36.9 Å². The maximum absolute atomic E-state index is 12.5. The quantitative estimate of drug-likeness (QED) is 0.643. The molecular weight excluding hydrogens is 360 g/mol. The van der Waals surface area contributed by atoms with E-state index >= 15 is 0 Å². The van der Waals surface area contributed by atoms with Crippen LogP contribution >= 0.6 is 0 Å². The first kappa shape index (κ1) is 18.6. The van der Waals surface area contributed by atoms with Crippen molar-refractivity contribution in [2.45, 2.75) is 26.7 Å². The molecule has 0 unspecified atom stereocenters. The number of aliphatic hydroxyl groups is 1. The Morgan fingerprint density at radius 2 is 2.07 bits per heavy atom. The van der Waals surface area contributed by atoms with Gasteiger partial charge in [-0.05, 0) is 30.2 Å². The van der Waals surface area contributed by atoms with E-state index in [-0.39, 0.29) is 12.5 Å². The molecule has 0 saturated carbocycles. The summed E-state index contributed by atoms with van der Waals surface area (Å²) in [5.74, 6) is 0.487. The van der Waals surface area contributed by atoms with Crippen molar-refractivity contribution in [3.8, 4) is 22.9 Å². The van der Waals surface area contributed by atoms with E-state index in [0.29, 0.717) is 36.0 Å². The Balaban J connectivity index is 1.94. The number of aliphatic hydroxyl groups excluding tert-OH is 1. The molecule has 0 aliphatic carbocycles. The maximum atomic E-state index is 12.5. The summed E-state index contributed by atoms with van der Waals surface area (Å²) >= 11 is 0. The summed E-state index contributed by atoms with van der Waals surface area (Å²) in [6.45, 7) is -0.623. The van der Waals surface area contributed by atoms with Crippen LogP contribution in [0.4, 0.5) is 8.78 Å². The minimum atomic E-state index is -2.96. The Kier molecular flexibility index (Phi) is 5.87. The van der Waals surface area contributed by atoms with Crippen LogP contribution in [-0.2, 0) is 13.2 Å². The van der Waals surface area contributed by atoms with Gasteiger partial charge in [0, 0.05) is 24.0 Å². The van der Waals surface area contributed by atoms with Gasteiger partial charge in [-0.15, -0.1) is 0 Å². The lowest BCUT2D eigenvalue weighted by Gasteiger charge is -2.12. The van der Waals surface area contributed by atoms with Gasteiger partial charge in [-0.3, -0.25) is 0 Å². The molecule has 3 heterocycles. The molecule has 8 nitrogen and oxygen atoms in total. The Morgan fingerprint density at radius 3 is 2.78 bits per heavy atom. The summed E-state index contributed by atoms with van der Waals surface area (Å²) in [6.07, 6.45) is 4.51. The second-order valence-electron chi connectivity index (χ2n) is 5.41. The van der Waals surface area contributed by atoms with E-state index in [1.165, 1.54) is 18.6 Å². The second-order valence-corrected chi connectivity index (χ2v) is 5.41. The zero-order valence-corrected chi connectivity index (χ0v) is 14.4. The lowest BCUT2D eigenvalue weighted by atomic mass is 10.1. The highest BCUT2D eigenvalue weighted by atomic mass is 19.3. The molecule has 3 aromatic heterocycles. The monoisotopic (exact) mass is 377 g/mol. The minimum Gasteiger partial charge on any atom is -0.478 e. The van der Waals surface area contributed by atoms with E-state index in [0.717, 1.165) is 5.56 Å². The molecule has 0 aliphatic rings. The van der Waals surface area contributed by atoms with Gasteiger partial charge < -0.3 is 14.6 Å². The maximum Gasteiger partial charge on any atom is 0.388 e. The van der Waals surface area contributed by atoms with Crippen LogP contribution < -0.4 is 9.47 Å². The fraction of sp³-hybridized carbons (Fsp3) is 0.294. The summed E-state index contributed by atoms with van der Waals surface area (Å²) in [4.78, 5) is 12.0. The first-order valence-electron chi connectivity index (χ1n) is 8.11. The number of ether oxygens (including phenoxy) is 2. The summed E-state index contributed by atoms with van der Waals surface area (Å²) in [5, 5.41) is 13.2. The normalized spacial score (nSPS) is 11.0. The molecule has 0 amide bonds. The van der Waals surface area contributed by atoms with Crippen LogP contribution in [0, 0.1) is 0 Å². The molecule has 0 bridgehead atoms. The van der Waals surface area contributed by atoms with Crippen molar-refractivity contribution in [3.05, 3.63) is 48.3 Å². The van der Waals surface area contributed by atoms with Crippen molar-refractivity contribution in [2.75, 3.05) is 6.61 Å². The van der Waals surface area contributed by atoms with Crippen LogP contribution in [0.5, 0.6) is 11.8 Å². The van der Waals surface area contributed by atoms with Gasteiger partial charge in [0.2, 0.25) is 11.8 Å². The molecule has 3 rings (SSSR count). The average Bonchev–Trinajstić information content (AvgIpc) is 3.10. The third-order valence-electron chi connectivity index (χ3n) is 3.51. The van der Waals surface area contributed by atoms with Gasteiger partial charge >= 0.3 is 6.61 Å². The largest absolute Gasteiger partial charge is 0.478 e. The van der Waals surface area contributed by atoms with Crippen molar-refractivity contribution < 1.29 is 23.4 Å². The van der Waals surface area contributed by atoms with E-state index in [9.17, 15) is 8.78 Å². The Morgan fingerprint density at radius 1 is 1.22 bits per heavy atom. The molecule has 3 aromatic rings. The van der Waals surface area contributed by atoms with Crippen molar-refractivity contribution in [1.82, 2.24) is 24.7 Å². The van der Waals surface area contributed by atoms with Gasteiger partial charge in [0.15, 0.2) is 5.82 Å². The van der Waals surface area contributed by atoms with Crippen LogP contribution in [0.2, 0.25) is 0 Å². The molecule has 0 aromatic carbocycles. The van der Waals surface area contributed by atoms with Crippen molar-refractivity contribution in [2.24, 2.45) is 0 Å². The summed E-state index contributed by atoms with van der Waals surface area (Å²) in [5.41, 5.74) is 1.97. The molecule has 10 heteroatoms. The third kappa shape index (κ3) is 4.73. The Hall–Kier alpha value is -3.14. The molecule has 0 fully saturated rings. The second kappa shape index (κ2) is 8.49. The average molecular weight is 377 g/mol. The number of rotatable bonds is 8. The standard InChI is InChI=1S/C17H17F2N5O3/c1-2-26-16-13(12-3-4-20-15(6-12)27-17(18)19)5-11(7-21-16)8-24-10-22-14(9-25)23-24/h3-7,10,17,25H,2,8-9H2,1H3. The zero-order chi connectivity index (χ0) is 19.2. The van der Waals surface area contributed by atoms with Gasteiger partial charge in [0.1, 0.15) is 12.9 Å². The first-order chi connectivity index (χ1) is 13.1. The smallest absolute Gasteiger partial charge is 0.388 e. The molecule has 0 saturated heterocycles. The fourth-order valence-electron chi connectivity index (χ4n) is 2.44. The molecule has 0 aliphatic heterocycles. The van der Waals surface area contributed by atoms with E-state index in [1.54, 1.807) is 16.9 Å². The van der Waals surface area contributed by atoms with Crippen molar-refractivity contribution in [1.29, 1.82) is 0 Å². The Labute approximate surface area is 153 Å². The predicted octanol–water partition coefficient (Wildman–Crippen LogP) is 2.28. The molecule has 0 radical (unpaired) electrons. The van der Waals surface area contributed by atoms with Gasteiger partial charge in [-0.2, -0.15) is 13.9 Å². The number of aromatic nitrogens is 5. The number of hydrogen-bond acceptors (Lipinski definition) is 7. The summed E-state index contributed by atoms with van der Waals surface area (Å²) in [7, 11) is 0.